The van der Waals surface area contributed by atoms with Gasteiger partial charge in [-0.25, -0.2) is 0 Å². The van der Waals surface area contributed by atoms with Gasteiger partial charge in [-0.05, 0) is 13.0 Å². The lowest BCUT2D eigenvalue weighted by molar-refractivity contribution is -0.117. The van der Waals surface area contributed by atoms with Crippen LogP contribution in [0.1, 0.15) is 6.42 Å². The van der Waals surface area contributed by atoms with Gasteiger partial charge in [0.1, 0.15) is 0 Å². The lowest BCUT2D eigenvalue weighted by Crippen LogP contribution is -2.37. The van der Waals surface area contributed by atoms with Gasteiger partial charge in [0.25, 0.3) is 0 Å². The van der Waals surface area contributed by atoms with Crippen molar-refractivity contribution >= 4 is 5.91 Å². The van der Waals surface area contributed by atoms with Crippen molar-refractivity contribution < 1.29 is 4.79 Å². The molecule has 0 aliphatic carbocycles. The minimum atomic E-state index is -0.285. The quantitative estimate of drug-likeness (QED) is 0.447. The Bertz CT molecular complexity index is 120. The summed E-state index contributed by atoms with van der Waals surface area (Å²) in [7, 11) is 0. The molecule has 1 heterocycles. The summed E-state index contributed by atoms with van der Waals surface area (Å²) in [4.78, 5) is 10.3. The monoisotopic (exact) mass is 143 g/mol. The van der Waals surface area contributed by atoms with Gasteiger partial charge in [0.05, 0.1) is 6.54 Å². The first-order chi connectivity index (χ1) is 4.79. The molecule has 1 rings (SSSR count). The second-order valence-electron chi connectivity index (χ2n) is 2.54. The highest BCUT2D eigenvalue weighted by Gasteiger charge is 2.13. The molecule has 4 N–H and O–H groups in total. The molecule has 0 aromatic rings. The molecule has 10 heavy (non-hydrogen) atoms. The second kappa shape index (κ2) is 3.53. The Labute approximate surface area is 60.2 Å². The van der Waals surface area contributed by atoms with Crippen LogP contribution in [0.25, 0.3) is 0 Å². The predicted octanol–water partition coefficient (Wildman–Crippen LogP) is -1.58. The van der Waals surface area contributed by atoms with Crippen LogP contribution in [-0.2, 0) is 4.79 Å². The zero-order chi connectivity index (χ0) is 7.40. The highest BCUT2D eigenvalue weighted by Crippen LogP contribution is 1.95. The van der Waals surface area contributed by atoms with Crippen molar-refractivity contribution in [2.45, 2.75) is 12.5 Å². The molecule has 1 fully saturated rings. The maximum absolute atomic E-state index is 10.3. The Morgan fingerprint density at radius 1 is 1.80 bits per heavy atom. The third-order valence-electron chi connectivity index (χ3n) is 1.63. The van der Waals surface area contributed by atoms with E-state index in [-0.39, 0.29) is 5.91 Å². The van der Waals surface area contributed by atoms with Crippen LogP contribution in [0.5, 0.6) is 0 Å². The summed E-state index contributed by atoms with van der Waals surface area (Å²) in [5, 5.41) is 6.23. The van der Waals surface area contributed by atoms with Crippen molar-refractivity contribution in [1.82, 2.24) is 10.6 Å². The first kappa shape index (κ1) is 7.50. The summed E-state index contributed by atoms with van der Waals surface area (Å²) in [6.45, 7) is 2.29. The summed E-state index contributed by atoms with van der Waals surface area (Å²) >= 11 is 0. The molecule has 4 nitrogen and oxygen atoms in total. The highest BCUT2D eigenvalue weighted by molar-refractivity contribution is 5.75. The Morgan fingerprint density at radius 3 is 3.10 bits per heavy atom. The largest absolute Gasteiger partial charge is 0.369 e. The summed E-state index contributed by atoms with van der Waals surface area (Å²) < 4.78 is 0. The summed E-state index contributed by atoms with van der Waals surface area (Å²) in [5.41, 5.74) is 4.95. The average molecular weight is 143 g/mol. The van der Waals surface area contributed by atoms with Gasteiger partial charge in [0.2, 0.25) is 5.91 Å². The highest BCUT2D eigenvalue weighted by atomic mass is 16.1. The third kappa shape index (κ3) is 2.33. The van der Waals surface area contributed by atoms with Gasteiger partial charge >= 0.3 is 0 Å². The van der Waals surface area contributed by atoms with Crippen molar-refractivity contribution in [1.29, 1.82) is 0 Å². The molecule has 1 unspecified atom stereocenters. The predicted molar refractivity (Wildman–Crippen MR) is 38.5 cm³/mol. The molecule has 0 radical (unpaired) electrons. The van der Waals surface area contributed by atoms with Gasteiger partial charge in [0, 0.05) is 12.6 Å². The van der Waals surface area contributed by atoms with Gasteiger partial charge in [0.15, 0.2) is 0 Å². The SMILES string of the molecule is NC(=O)CNC1CCNC1. The maximum atomic E-state index is 10.3. The number of nitrogens with one attached hydrogen (secondary N) is 2. The van der Waals surface area contributed by atoms with Gasteiger partial charge in [-0.2, -0.15) is 0 Å². The van der Waals surface area contributed by atoms with E-state index >= 15 is 0 Å². The van der Waals surface area contributed by atoms with Crippen molar-refractivity contribution in [2.75, 3.05) is 19.6 Å². The molecule has 0 spiro atoms. The minimum absolute atomic E-state index is 0.285. The number of primary amides is 1. The van der Waals surface area contributed by atoms with E-state index in [1.54, 1.807) is 0 Å². The van der Waals surface area contributed by atoms with Crippen LogP contribution >= 0.6 is 0 Å². The second-order valence-corrected chi connectivity index (χ2v) is 2.54. The Hall–Kier alpha value is -0.610. The van der Waals surface area contributed by atoms with E-state index in [1.807, 2.05) is 0 Å². The first-order valence-corrected chi connectivity index (χ1v) is 3.51. The lowest BCUT2D eigenvalue weighted by Gasteiger charge is -2.07. The number of rotatable bonds is 3. The van der Waals surface area contributed by atoms with Gasteiger partial charge in [-0.1, -0.05) is 0 Å². The number of hydrogen-bond acceptors (Lipinski definition) is 3. The van der Waals surface area contributed by atoms with Gasteiger partial charge < -0.3 is 16.4 Å². The number of nitrogens with two attached hydrogens (primary N) is 1. The molecule has 0 saturated carbocycles. The molecular weight excluding hydrogens is 130 g/mol. The third-order valence-corrected chi connectivity index (χ3v) is 1.63. The minimum Gasteiger partial charge on any atom is -0.369 e. The molecular formula is C6H13N3O. The average Bonchev–Trinajstić information content (AvgIpc) is 2.34. The molecule has 0 bridgehead atoms. The van der Waals surface area contributed by atoms with Crippen molar-refractivity contribution in [3.63, 3.8) is 0 Å². The van der Waals surface area contributed by atoms with Crippen LogP contribution in [0, 0.1) is 0 Å². The number of amides is 1. The zero-order valence-corrected chi connectivity index (χ0v) is 5.89. The smallest absolute Gasteiger partial charge is 0.231 e. The summed E-state index contributed by atoms with van der Waals surface area (Å²) in [6.07, 6.45) is 1.09. The van der Waals surface area contributed by atoms with Crippen LogP contribution < -0.4 is 16.4 Å². The van der Waals surface area contributed by atoms with Crippen LogP contribution in [0.15, 0.2) is 0 Å². The molecule has 0 aromatic carbocycles. The standard InChI is InChI=1S/C6H13N3O/c7-6(10)4-9-5-1-2-8-3-5/h5,8-9H,1-4H2,(H2,7,10). The van der Waals surface area contributed by atoms with E-state index in [2.05, 4.69) is 10.6 Å². The topological polar surface area (TPSA) is 67.2 Å². The van der Waals surface area contributed by atoms with E-state index in [1.165, 1.54) is 0 Å². The lowest BCUT2D eigenvalue weighted by atomic mass is 10.2. The normalized spacial score (nSPS) is 25.0. The van der Waals surface area contributed by atoms with Crippen molar-refractivity contribution in [3.05, 3.63) is 0 Å². The summed E-state index contributed by atoms with van der Waals surface area (Å²) in [6, 6.07) is 0.437. The Kier molecular flexibility index (Phi) is 2.65. The molecule has 1 atom stereocenters. The maximum Gasteiger partial charge on any atom is 0.231 e. The fraction of sp³-hybridized carbons (Fsp3) is 0.833. The number of carbonyl (C=O) groups excluding carboxylic acids is 1. The van der Waals surface area contributed by atoms with E-state index < -0.39 is 0 Å². The van der Waals surface area contributed by atoms with Gasteiger partial charge in [-0.15, -0.1) is 0 Å². The molecule has 1 saturated heterocycles. The number of carbonyl (C=O) groups is 1. The fourth-order valence-electron chi connectivity index (χ4n) is 1.07. The van der Waals surface area contributed by atoms with Crippen LogP contribution in [0.3, 0.4) is 0 Å². The molecule has 1 amide bonds. The number of hydrogen-bond donors (Lipinski definition) is 3. The van der Waals surface area contributed by atoms with Crippen molar-refractivity contribution in [3.8, 4) is 0 Å². The van der Waals surface area contributed by atoms with E-state index in [0.717, 1.165) is 19.5 Å². The first-order valence-electron chi connectivity index (χ1n) is 3.51. The van der Waals surface area contributed by atoms with Crippen LogP contribution in [0.4, 0.5) is 0 Å². The molecule has 1 aliphatic rings. The van der Waals surface area contributed by atoms with E-state index in [0.29, 0.717) is 12.6 Å². The molecule has 0 aromatic heterocycles. The van der Waals surface area contributed by atoms with Crippen LogP contribution in [0.2, 0.25) is 0 Å². The Morgan fingerprint density at radius 2 is 2.60 bits per heavy atom. The Balaban J connectivity index is 2.07. The fourth-order valence-corrected chi connectivity index (χ4v) is 1.07. The van der Waals surface area contributed by atoms with Crippen molar-refractivity contribution in [2.24, 2.45) is 5.73 Å². The van der Waals surface area contributed by atoms with E-state index in [4.69, 9.17) is 5.73 Å². The molecule has 58 valence electrons. The van der Waals surface area contributed by atoms with Gasteiger partial charge in [-0.3, -0.25) is 4.79 Å². The summed E-state index contributed by atoms with van der Waals surface area (Å²) in [5.74, 6) is -0.285. The van der Waals surface area contributed by atoms with Crippen LogP contribution in [-0.4, -0.2) is 31.6 Å². The molecule has 1 aliphatic heterocycles. The molecule has 4 heteroatoms. The van der Waals surface area contributed by atoms with E-state index in [9.17, 15) is 4.79 Å². The zero-order valence-electron chi connectivity index (χ0n) is 5.89.